The first kappa shape index (κ1) is 4.85. The van der Waals surface area contributed by atoms with Gasteiger partial charge in [0, 0.05) is 5.53 Å². The monoisotopic (exact) mass is 86.0 g/mol. The molecule has 0 aromatic heterocycles. The van der Waals surface area contributed by atoms with Crippen molar-refractivity contribution in [3.63, 3.8) is 0 Å². The smallest absolute Gasteiger partial charge is 0.227 e. The van der Waals surface area contributed by atoms with E-state index in [-0.39, 0.29) is 0 Å². The maximum Gasteiger partial charge on any atom is 0.227 e. The molecule has 0 aromatic carbocycles. The van der Waals surface area contributed by atoms with Crippen molar-refractivity contribution in [2.45, 2.75) is 0 Å². The van der Waals surface area contributed by atoms with E-state index in [2.05, 4.69) is 4.79 Å². The van der Waals surface area contributed by atoms with Crippen molar-refractivity contribution >= 4 is 12.2 Å². The molecule has 0 saturated carbocycles. The number of nitrogens with one attached hydrogen (secondary N) is 1. The van der Waals surface area contributed by atoms with Crippen molar-refractivity contribution in [2.24, 2.45) is 0 Å². The Morgan fingerprint density at radius 1 is 2.00 bits per heavy atom. The van der Waals surface area contributed by atoms with Crippen molar-refractivity contribution in [3.05, 3.63) is 0 Å². The molecule has 0 aliphatic rings. The maximum absolute atomic E-state index is 9.27. The first-order valence-corrected chi connectivity index (χ1v) is 1.12. The van der Waals surface area contributed by atoms with Crippen molar-refractivity contribution in [2.75, 3.05) is 0 Å². The molecule has 6 heavy (non-hydrogen) atoms. The van der Waals surface area contributed by atoms with E-state index in [1.54, 1.807) is 0 Å². The lowest BCUT2D eigenvalue weighted by atomic mass is 10.8. The van der Waals surface area contributed by atoms with Crippen LogP contribution in [0.25, 0.3) is 0 Å². The fraction of sp³-hybridized carbons (Fsp3) is 0. The van der Waals surface area contributed by atoms with Gasteiger partial charge in [0.2, 0.25) is 5.97 Å². The highest BCUT2D eigenvalue weighted by Crippen LogP contribution is 1.40. The maximum atomic E-state index is 9.27. The van der Waals surface area contributed by atoms with Gasteiger partial charge in [0.1, 0.15) is 6.21 Å². The summed E-state index contributed by atoms with van der Waals surface area (Å²) >= 11 is 0. The molecule has 4 nitrogen and oxygen atoms in total. The average Bonchev–Trinajstić information content (AvgIpc) is 1.35. The molecule has 0 bridgehead atoms. The second-order valence-electron chi connectivity index (χ2n) is 0.529. The van der Waals surface area contributed by atoms with Gasteiger partial charge >= 0.3 is 0 Å². The Hall–Kier alpha value is -1.15. The van der Waals surface area contributed by atoms with Gasteiger partial charge in [-0.2, -0.15) is 4.79 Å². The third-order valence-corrected chi connectivity index (χ3v) is 0.152. The number of carbonyl (C=O) groups is 1. The van der Waals surface area contributed by atoms with Crippen molar-refractivity contribution in [3.8, 4) is 0 Å². The number of carboxylic acid groups (broad SMARTS) is 1. The zero-order valence-corrected chi connectivity index (χ0v) is 2.80. The van der Waals surface area contributed by atoms with Gasteiger partial charge in [0.15, 0.2) is 0 Å². The molecule has 0 fully saturated rings. The van der Waals surface area contributed by atoms with Crippen LogP contribution in [0.4, 0.5) is 0 Å². The van der Waals surface area contributed by atoms with E-state index in [0.29, 0.717) is 0 Å². The van der Waals surface area contributed by atoms with Gasteiger partial charge in [-0.3, -0.25) is 4.79 Å². The summed E-state index contributed by atoms with van der Waals surface area (Å²) in [7, 11) is 0. The summed E-state index contributed by atoms with van der Waals surface area (Å²) in [5.41, 5.74) is 5.87. The number of rotatable bonds is 1. The number of nitrogens with zero attached hydrogens (tertiary/aromatic N) is 1. The van der Waals surface area contributed by atoms with Crippen LogP contribution in [-0.4, -0.2) is 22.1 Å². The lowest BCUT2D eigenvalue weighted by molar-refractivity contribution is -0.143. The van der Waals surface area contributed by atoms with Gasteiger partial charge in [-0.15, -0.1) is 0 Å². The van der Waals surface area contributed by atoms with Crippen LogP contribution in [0, 0.1) is 5.53 Å². The van der Waals surface area contributed by atoms with Crippen LogP contribution in [0.1, 0.15) is 0 Å². The van der Waals surface area contributed by atoms with Crippen LogP contribution in [0.5, 0.6) is 0 Å². The van der Waals surface area contributed by atoms with E-state index >= 15 is 0 Å². The Morgan fingerprint density at radius 2 is 2.50 bits per heavy atom. The Morgan fingerprint density at radius 3 is 2.50 bits per heavy atom. The Balaban J connectivity index is 3.60. The van der Waals surface area contributed by atoms with E-state index in [1.807, 2.05) is 0 Å². The molecule has 0 aliphatic heterocycles. The van der Waals surface area contributed by atoms with E-state index in [4.69, 9.17) is 10.6 Å². The van der Waals surface area contributed by atoms with Gasteiger partial charge in [0.25, 0.3) is 0 Å². The van der Waals surface area contributed by atoms with Crippen LogP contribution in [-0.2, 0) is 4.79 Å². The fourth-order valence-electron chi connectivity index (χ4n) is 0.0478. The van der Waals surface area contributed by atoms with Gasteiger partial charge in [-0.05, 0) is 0 Å². The third-order valence-electron chi connectivity index (χ3n) is 0.152. The Bertz CT molecular complexity index is 102. The minimum Gasteiger partial charge on any atom is -0.500 e. The molecular formula is C2H2N2O2. The van der Waals surface area contributed by atoms with Crippen LogP contribution in [0.15, 0.2) is 0 Å². The van der Waals surface area contributed by atoms with Crippen molar-refractivity contribution in [1.29, 1.82) is 5.53 Å². The summed E-state index contributed by atoms with van der Waals surface area (Å²) in [5.74, 6) is -1.31. The van der Waals surface area contributed by atoms with E-state index in [1.165, 1.54) is 6.21 Å². The largest absolute Gasteiger partial charge is 0.500 e. The normalized spacial score (nSPS) is 6.00. The van der Waals surface area contributed by atoms with Crippen LogP contribution in [0.3, 0.4) is 0 Å². The lowest BCUT2D eigenvalue weighted by Crippen LogP contribution is -1.94. The van der Waals surface area contributed by atoms with Crippen LogP contribution < -0.4 is 0 Å². The molecule has 2 N–H and O–H groups in total. The zero-order chi connectivity index (χ0) is 4.99. The molecular weight excluding hydrogens is 84.0 g/mol. The predicted octanol–water partition coefficient (Wildman–Crippen LogP) is -0.742. The molecule has 0 spiro atoms. The fourth-order valence-corrected chi connectivity index (χ4v) is 0.0478. The highest BCUT2D eigenvalue weighted by atomic mass is 16.4. The third kappa shape index (κ3) is 2.85. The molecule has 0 aliphatic carbocycles. The predicted molar refractivity (Wildman–Crippen MR) is 15.6 cm³/mol. The molecule has 0 unspecified atom stereocenters. The van der Waals surface area contributed by atoms with Gasteiger partial charge in [-0.25, -0.2) is 0 Å². The molecule has 4 heteroatoms. The summed E-state index contributed by atoms with van der Waals surface area (Å²) < 4.78 is 0. The molecule has 0 saturated heterocycles. The van der Waals surface area contributed by atoms with Crippen LogP contribution >= 0.6 is 0 Å². The summed E-state index contributed by atoms with van der Waals surface area (Å²) in [4.78, 5) is 11.6. The number of carboxylic acids is 1. The molecule has 0 aromatic rings. The van der Waals surface area contributed by atoms with Gasteiger partial charge in [-0.1, -0.05) is 0 Å². The molecule has 32 valence electrons. The Labute approximate surface area is 33.6 Å². The number of hydrogen-bond acceptors (Lipinski definition) is 2. The summed E-state index contributed by atoms with van der Waals surface area (Å²) in [5, 5.41) is 7.59. The molecule has 0 amide bonds. The first-order chi connectivity index (χ1) is 2.77. The highest BCUT2D eigenvalue weighted by molar-refractivity contribution is 6.19. The second-order valence-corrected chi connectivity index (χ2v) is 0.529. The van der Waals surface area contributed by atoms with Gasteiger partial charge < -0.3 is 5.11 Å². The number of aliphatic carboxylic acids is 1. The highest BCUT2D eigenvalue weighted by Gasteiger charge is 1.71. The number of hydrogen-bond donors (Lipinski definition) is 2. The minimum atomic E-state index is -1.31. The quantitative estimate of drug-likeness (QED) is 0.191. The van der Waals surface area contributed by atoms with E-state index in [9.17, 15) is 4.79 Å². The summed E-state index contributed by atoms with van der Waals surface area (Å²) in [6, 6.07) is 0. The van der Waals surface area contributed by atoms with Crippen molar-refractivity contribution < 1.29 is 14.7 Å². The molecule has 0 atom stereocenters. The van der Waals surface area contributed by atoms with E-state index < -0.39 is 5.97 Å². The summed E-state index contributed by atoms with van der Waals surface area (Å²) in [6.45, 7) is 0. The topological polar surface area (TPSA) is 75.2 Å². The zero-order valence-electron chi connectivity index (χ0n) is 2.80. The Kier molecular flexibility index (Phi) is 1.71. The molecule has 0 rings (SSSR count). The molecule has 0 heterocycles. The summed E-state index contributed by atoms with van der Waals surface area (Å²) in [6.07, 6.45) is 1.42. The van der Waals surface area contributed by atoms with Crippen LogP contribution in [0.2, 0.25) is 0 Å². The second kappa shape index (κ2) is 2.11. The average molecular weight is 86.0 g/mol. The minimum absolute atomic E-state index is 1.31. The first-order valence-electron chi connectivity index (χ1n) is 1.12. The standard InChI is InChI=1S/C2H2N2O2/c3-4-1-2(5)6/h3H,(H,5,6). The molecule has 0 radical (unpaired) electrons. The van der Waals surface area contributed by atoms with Gasteiger partial charge in [0.05, 0.1) is 0 Å². The lowest BCUT2D eigenvalue weighted by Gasteiger charge is -1.69. The SMILES string of the molecule is N=[N+]=[C-]C(=O)O. The van der Waals surface area contributed by atoms with Crippen molar-refractivity contribution in [1.82, 2.24) is 0 Å². The van der Waals surface area contributed by atoms with E-state index in [0.717, 1.165) is 0 Å².